The number of aliphatic hydroxyl groups excluding tert-OH is 1. The summed E-state index contributed by atoms with van der Waals surface area (Å²) in [6, 6.07) is 3.33. The van der Waals surface area contributed by atoms with Gasteiger partial charge in [-0.05, 0) is 6.07 Å². The Balaban J connectivity index is 2.29. The molecule has 2 N–H and O–H groups in total. The van der Waals surface area contributed by atoms with Crippen LogP contribution in [0.1, 0.15) is 0 Å². The Hall–Kier alpha value is -3.01. The first-order chi connectivity index (χ1) is 10.0. The van der Waals surface area contributed by atoms with Gasteiger partial charge in [-0.1, -0.05) is 0 Å². The number of rotatable bonds is 6. The van der Waals surface area contributed by atoms with Gasteiger partial charge in [0.2, 0.25) is 0 Å². The van der Waals surface area contributed by atoms with Gasteiger partial charge < -0.3 is 10.4 Å². The lowest BCUT2D eigenvalue weighted by Crippen LogP contribution is -2.01. The third-order valence-electron chi connectivity index (χ3n) is 2.63. The fraction of sp³-hybridized carbons (Fsp3) is 0.182. The summed E-state index contributed by atoms with van der Waals surface area (Å²) in [7, 11) is 0. The first kappa shape index (κ1) is 14.4. The van der Waals surface area contributed by atoms with E-state index in [-0.39, 0.29) is 18.0 Å². The summed E-state index contributed by atoms with van der Waals surface area (Å²) in [6.45, 7) is 0.211. The second-order valence-electron chi connectivity index (χ2n) is 4.06. The van der Waals surface area contributed by atoms with Gasteiger partial charge in [-0.15, -0.1) is 0 Å². The molecule has 0 bridgehead atoms. The quantitative estimate of drug-likeness (QED) is 0.607. The van der Waals surface area contributed by atoms with E-state index in [0.717, 1.165) is 6.07 Å². The molecule has 0 aliphatic rings. The van der Waals surface area contributed by atoms with Crippen molar-refractivity contribution in [2.75, 3.05) is 11.9 Å². The molecule has 1 aromatic carbocycles. The Kier molecular flexibility index (Phi) is 4.09. The van der Waals surface area contributed by atoms with Crippen molar-refractivity contribution in [3.8, 4) is 0 Å². The molecule has 1 aromatic heterocycles. The maximum absolute atomic E-state index is 11.0. The lowest BCUT2D eigenvalue weighted by molar-refractivity contribution is -0.393. The molecular weight excluding hydrogens is 282 g/mol. The predicted molar refractivity (Wildman–Crippen MR) is 72.3 cm³/mol. The van der Waals surface area contributed by atoms with Gasteiger partial charge in [0.05, 0.1) is 40.9 Å². The fourth-order valence-corrected chi connectivity index (χ4v) is 1.70. The smallest absolute Gasteiger partial charge is 0.299 e. The van der Waals surface area contributed by atoms with Crippen LogP contribution in [0.25, 0.3) is 0 Å². The van der Waals surface area contributed by atoms with Gasteiger partial charge in [0.25, 0.3) is 11.4 Å². The second-order valence-corrected chi connectivity index (χ2v) is 4.06. The lowest BCUT2D eigenvalue weighted by Gasteiger charge is -2.04. The monoisotopic (exact) mass is 293 g/mol. The number of hydrogen-bond acceptors (Lipinski definition) is 7. The number of nitrogens with one attached hydrogen (secondary N) is 1. The van der Waals surface area contributed by atoms with Crippen LogP contribution < -0.4 is 5.32 Å². The van der Waals surface area contributed by atoms with Gasteiger partial charge >= 0.3 is 0 Å². The molecule has 110 valence electrons. The molecule has 10 nitrogen and oxygen atoms in total. The normalized spacial score (nSPS) is 10.3. The van der Waals surface area contributed by atoms with E-state index < -0.39 is 15.5 Å². The van der Waals surface area contributed by atoms with Crippen molar-refractivity contribution in [3.63, 3.8) is 0 Å². The molecule has 0 aliphatic carbocycles. The van der Waals surface area contributed by atoms with Gasteiger partial charge in [0.1, 0.15) is 5.69 Å². The molecule has 0 atom stereocenters. The number of anilines is 2. The summed E-state index contributed by atoms with van der Waals surface area (Å²) in [5.41, 5.74) is -0.170. The highest BCUT2D eigenvalue weighted by molar-refractivity contribution is 5.71. The first-order valence-corrected chi connectivity index (χ1v) is 5.84. The molecule has 1 heterocycles. The first-order valence-electron chi connectivity index (χ1n) is 5.84. The van der Waals surface area contributed by atoms with Gasteiger partial charge in [0, 0.05) is 12.3 Å². The van der Waals surface area contributed by atoms with Crippen molar-refractivity contribution in [2.24, 2.45) is 0 Å². The number of aliphatic hydroxyl groups is 1. The van der Waals surface area contributed by atoms with Crippen molar-refractivity contribution >= 4 is 22.7 Å². The van der Waals surface area contributed by atoms with Crippen molar-refractivity contribution in [3.05, 3.63) is 50.8 Å². The topological polar surface area (TPSA) is 136 Å². The van der Waals surface area contributed by atoms with Crippen molar-refractivity contribution in [1.29, 1.82) is 0 Å². The minimum Gasteiger partial charge on any atom is -0.394 e. The van der Waals surface area contributed by atoms with Gasteiger partial charge in [-0.3, -0.25) is 24.9 Å². The standard InChI is InChI=1S/C11H11N5O5/c17-4-3-14-7-8(6-12-14)13-10-2-1-9(15(18)19)5-11(10)16(20)21/h1-2,5-7,13,17H,3-4H2. The third-order valence-corrected chi connectivity index (χ3v) is 2.63. The van der Waals surface area contributed by atoms with Gasteiger partial charge in [-0.2, -0.15) is 5.10 Å². The number of aromatic nitrogens is 2. The highest BCUT2D eigenvalue weighted by Crippen LogP contribution is 2.31. The van der Waals surface area contributed by atoms with Gasteiger partial charge in [-0.25, -0.2) is 0 Å². The number of benzene rings is 1. The maximum atomic E-state index is 11.0. The summed E-state index contributed by atoms with van der Waals surface area (Å²) in [6.07, 6.45) is 2.99. The Morgan fingerprint density at radius 2 is 2.05 bits per heavy atom. The van der Waals surface area contributed by atoms with Crippen LogP contribution in [0, 0.1) is 20.2 Å². The highest BCUT2D eigenvalue weighted by atomic mass is 16.6. The van der Waals surface area contributed by atoms with Crippen LogP contribution in [0.4, 0.5) is 22.7 Å². The molecule has 0 amide bonds. The summed E-state index contributed by atoms with van der Waals surface area (Å²) in [5.74, 6) is 0. The molecule has 0 unspecified atom stereocenters. The Morgan fingerprint density at radius 3 is 2.67 bits per heavy atom. The zero-order valence-electron chi connectivity index (χ0n) is 10.7. The number of hydrogen-bond donors (Lipinski definition) is 2. The van der Waals surface area contributed by atoms with E-state index in [1.165, 1.54) is 23.0 Å². The molecule has 0 radical (unpaired) electrons. The van der Waals surface area contributed by atoms with Crippen molar-refractivity contribution < 1.29 is 15.0 Å². The van der Waals surface area contributed by atoms with E-state index in [1.54, 1.807) is 6.20 Å². The van der Waals surface area contributed by atoms with Crippen LogP contribution in [0.2, 0.25) is 0 Å². The lowest BCUT2D eigenvalue weighted by atomic mass is 10.2. The van der Waals surface area contributed by atoms with Crippen LogP contribution in [0.15, 0.2) is 30.6 Å². The zero-order chi connectivity index (χ0) is 15.4. The number of non-ortho nitro benzene ring substituents is 1. The van der Waals surface area contributed by atoms with E-state index >= 15 is 0 Å². The fourth-order valence-electron chi connectivity index (χ4n) is 1.70. The van der Waals surface area contributed by atoms with Crippen LogP contribution in [-0.2, 0) is 6.54 Å². The minimum atomic E-state index is -0.701. The molecule has 0 saturated heterocycles. The van der Waals surface area contributed by atoms with Crippen LogP contribution >= 0.6 is 0 Å². The van der Waals surface area contributed by atoms with Gasteiger partial charge in [0.15, 0.2) is 0 Å². The van der Waals surface area contributed by atoms with E-state index in [0.29, 0.717) is 12.2 Å². The van der Waals surface area contributed by atoms with Crippen LogP contribution in [-0.4, -0.2) is 31.3 Å². The Morgan fingerprint density at radius 1 is 1.29 bits per heavy atom. The molecule has 0 fully saturated rings. The van der Waals surface area contributed by atoms with E-state index in [4.69, 9.17) is 5.11 Å². The zero-order valence-corrected chi connectivity index (χ0v) is 10.7. The summed E-state index contributed by atoms with van der Waals surface area (Å²) >= 11 is 0. The summed E-state index contributed by atoms with van der Waals surface area (Å²) < 4.78 is 1.46. The number of nitro benzene ring substituents is 2. The van der Waals surface area contributed by atoms with Crippen LogP contribution in [0.5, 0.6) is 0 Å². The number of nitrogens with zero attached hydrogens (tertiary/aromatic N) is 4. The summed E-state index contributed by atoms with van der Waals surface area (Å²) in [5, 5.41) is 37.1. The Bertz CT molecular complexity index is 683. The van der Waals surface area contributed by atoms with Crippen molar-refractivity contribution in [1.82, 2.24) is 9.78 Å². The molecule has 21 heavy (non-hydrogen) atoms. The van der Waals surface area contributed by atoms with Crippen molar-refractivity contribution in [2.45, 2.75) is 6.54 Å². The van der Waals surface area contributed by atoms with E-state index in [2.05, 4.69) is 10.4 Å². The molecule has 0 aliphatic heterocycles. The van der Waals surface area contributed by atoms with E-state index in [9.17, 15) is 20.2 Å². The average molecular weight is 293 g/mol. The summed E-state index contributed by atoms with van der Waals surface area (Å²) in [4.78, 5) is 20.2. The molecule has 2 rings (SSSR count). The Labute approximate surface area is 117 Å². The number of nitro groups is 2. The maximum Gasteiger partial charge on any atom is 0.299 e. The second kappa shape index (κ2) is 5.96. The van der Waals surface area contributed by atoms with Crippen LogP contribution in [0.3, 0.4) is 0 Å². The molecule has 0 saturated carbocycles. The predicted octanol–water partition coefficient (Wildman–Crippen LogP) is 1.44. The molecule has 10 heteroatoms. The third kappa shape index (κ3) is 3.30. The largest absolute Gasteiger partial charge is 0.394 e. The minimum absolute atomic E-state index is 0.0845. The molecule has 2 aromatic rings. The highest BCUT2D eigenvalue weighted by Gasteiger charge is 2.19. The average Bonchev–Trinajstić information content (AvgIpc) is 2.86. The van der Waals surface area contributed by atoms with E-state index in [1.807, 2.05) is 0 Å². The SMILES string of the molecule is O=[N+]([O-])c1ccc(Nc2cnn(CCO)c2)c([N+](=O)[O-])c1. The molecular formula is C11H11N5O5. The molecule has 0 spiro atoms.